The second-order valence-corrected chi connectivity index (χ2v) is 7.61. The quantitative estimate of drug-likeness (QED) is 0.107. The first-order chi connectivity index (χ1) is 17.4. The van der Waals surface area contributed by atoms with Crippen LogP contribution in [0.5, 0.6) is 0 Å². The first-order valence-corrected chi connectivity index (χ1v) is 12.3. The Morgan fingerprint density at radius 2 is 1.94 bits per heavy atom. The summed E-state index contributed by atoms with van der Waals surface area (Å²) in [6, 6.07) is 3.70. The van der Waals surface area contributed by atoms with E-state index in [1.165, 1.54) is 25.2 Å². The highest BCUT2D eigenvalue weighted by Gasteiger charge is 2.27. The minimum atomic E-state index is -0.847. The highest BCUT2D eigenvalue weighted by molar-refractivity contribution is 5.16. The number of rotatable bonds is 13. The Morgan fingerprint density at radius 3 is 2.47 bits per heavy atom. The van der Waals surface area contributed by atoms with Gasteiger partial charge in [-0.2, -0.15) is 0 Å². The second kappa shape index (κ2) is 25.4. The maximum Gasteiger partial charge on any atom is 0.159 e. The van der Waals surface area contributed by atoms with E-state index in [1.54, 1.807) is 25.5 Å². The van der Waals surface area contributed by atoms with Crippen molar-refractivity contribution < 1.29 is 28.1 Å². The molecular weight excluding hydrogens is 464 g/mol. The Balaban J connectivity index is 0. The molecule has 7 heteroatoms. The molecule has 2 unspecified atom stereocenters. The van der Waals surface area contributed by atoms with E-state index in [1.807, 2.05) is 26.8 Å². The summed E-state index contributed by atoms with van der Waals surface area (Å²) in [5, 5.41) is 11.8. The molecule has 1 saturated carbocycles. The van der Waals surface area contributed by atoms with Gasteiger partial charge in [0.25, 0.3) is 0 Å². The predicted octanol–water partition coefficient (Wildman–Crippen LogP) is 6.35. The van der Waals surface area contributed by atoms with Gasteiger partial charge < -0.3 is 19.3 Å². The topological polar surface area (TPSA) is 60.0 Å². The van der Waals surface area contributed by atoms with Gasteiger partial charge in [-0.3, -0.25) is 5.32 Å². The van der Waals surface area contributed by atoms with E-state index in [0.29, 0.717) is 25.1 Å². The molecule has 0 aromatic heterocycles. The van der Waals surface area contributed by atoms with Gasteiger partial charge >= 0.3 is 0 Å². The molecule has 0 spiro atoms. The summed E-state index contributed by atoms with van der Waals surface area (Å²) in [6.07, 6.45) is 16.1. The fourth-order valence-corrected chi connectivity index (χ4v) is 2.53. The summed E-state index contributed by atoms with van der Waals surface area (Å²) >= 11 is 0. The lowest BCUT2D eigenvalue weighted by atomic mass is 10.1. The molecule has 1 aromatic rings. The zero-order valence-corrected chi connectivity index (χ0v) is 22.5. The van der Waals surface area contributed by atoms with Crippen LogP contribution in [0, 0.1) is 35.8 Å². The van der Waals surface area contributed by atoms with Crippen LogP contribution in [0.4, 0.5) is 8.78 Å². The molecule has 0 heterocycles. The van der Waals surface area contributed by atoms with Crippen LogP contribution in [0.1, 0.15) is 52.5 Å². The van der Waals surface area contributed by atoms with E-state index < -0.39 is 17.9 Å². The average molecular weight is 510 g/mol. The van der Waals surface area contributed by atoms with Crippen molar-refractivity contribution in [3.05, 3.63) is 72.7 Å². The van der Waals surface area contributed by atoms with Crippen molar-refractivity contribution in [2.75, 3.05) is 26.9 Å². The van der Waals surface area contributed by atoms with Crippen LogP contribution >= 0.6 is 0 Å². The van der Waals surface area contributed by atoms with Gasteiger partial charge in [-0.1, -0.05) is 39.0 Å². The van der Waals surface area contributed by atoms with E-state index in [4.69, 9.17) is 21.0 Å². The molecule has 1 aromatic carbocycles. The van der Waals surface area contributed by atoms with Crippen molar-refractivity contribution in [2.24, 2.45) is 11.8 Å². The average Bonchev–Trinajstić information content (AvgIpc) is 3.72. The summed E-state index contributed by atoms with van der Waals surface area (Å²) in [7, 11) is 1.56. The molecule has 0 bridgehead atoms. The lowest BCUT2D eigenvalue weighted by molar-refractivity contribution is 0.147. The fraction of sp³-hybridized carbons (Fsp3) is 0.517. The molecule has 0 aliphatic heterocycles. The van der Waals surface area contributed by atoms with E-state index in [2.05, 4.69) is 29.5 Å². The number of nitrogens with one attached hydrogen (secondary N) is 1. The van der Waals surface area contributed by atoms with Crippen LogP contribution < -0.4 is 5.32 Å². The molecule has 1 aliphatic carbocycles. The number of ether oxygens (including phenoxy) is 3. The lowest BCUT2D eigenvalue weighted by Gasteiger charge is -2.07. The maximum absolute atomic E-state index is 12.6. The number of benzene rings is 1. The molecule has 0 amide bonds. The third kappa shape index (κ3) is 21.8. The van der Waals surface area contributed by atoms with Gasteiger partial charge in [0.05, 0.1) is 39.5 Å². The number of hydrogen-bond acceptors (Lipinski definition) is 5. The lowest BCUT2D eigenvalue weighted by Crippen LogP contribution is -2.28. The van der Waals surface area contributed by atoms with Gasteiger partial charge in [-0.05, 0) is 55.4 Å². The van der Waals surface area contributed by atoms with Crippen molar-refractivity contribution in [3.63, 3.8) is 0 Å². The normalized spacial score (nSPS) is 13.6. The zero-order chi connectivity index (χ0) is 27.6. The molecule has 0 saturated heterocycles. The maximum atomic E-state index is 12.6. The van der Waals surface area contributed by atoms with Crippen LogP contribution in [0.15, 0.2) is 55.5 Å². The van der Waals surface area contributed by atoms with E-state index >= 15 is 0 Å². The Morgan fingerprint density at radius 1 is 1.25 bits per heavy atom. The van der Waals surface area contributed by atoms with Crippen LogP contribution in [-0.2, 0) is 20.8 Å². The van der Waals surface area contributed by atoms with Gasteiger partial charge in [0, 0.05) is 13.0 Å². The predicted molar refractivity (Wildman–Crippen MR) is 144 cm³/mol. The SMILES string of the molecule is C#CCC(O)NC/C=C/OC.C/C=C/OCC(C)C1CC1.C=CCOCc1ccc(F)c(F)c1.CC. The van der Waals surface area contributed by atoms with Crippen molar-refractivity contribution in [2.45, 2.75) is 59.8 Å². The van der Waals surface area contributed by atoms with Gasteiger partial charge in [0.2, 0.25) is 0 Å². The van der Waals surface area contributed by atoms with Crippen LogP contribution in [0.25, 0.3) is 0 Å². The Hall–Kier alpha value is -2.66. The number of halogens is 2. The van der Waals surface area contributed by atoms with Gasteiger partial charge in [0.15, 0.2) is 11.6 Å². The number of aliphatic hydroxyl groups is 1. The fourth-order valence-electron chi connectivity index (χ4n) is 2.53. The molecule has 204 valence electrons. The van der Waals surface area contributed by atoms with Crippen molar-refractivity contribution in [1.82, 2.24) is 5.32 Å². The van der Waals surface area contributed by atoms with Crippen LogP contribution in [0.2, 0.25) is 0 Å². The Bertz CT molecular complexity index is 758. The largest absolute Gasteiger partial charge is 0.505 e. The smallest absolute Gasteiger partial charge is 0.159 e. The van der Waals surface area contributed by atoms with E-state index in [-0.39, 0.29) is 6.61 Å². The third-order valence-electron chi connectivity index (χ3n) is 4.52. The molecule has 36 heavy (non-hydrogen) atoms. The molecule has 2 rings (SSSR count). The zero-order valence-electron chi connectivity index (χ0n) is 22.5. The molecule has 2 N–H and O–H groups in total. The number of methoxy groups -OCH3 is 1. The Kier molecular flexibility index (Phi) is 25.1. The number of hydrogen-bond donors (Lipinski definition) is 2. The van der Waals surface area contributed by atoms with Gasteiger partial charge in [-0.15, -0.1) is 18.9 Å². The first kappa shape index (κ1) is 35.5. The number of allylic oxidation sites excluding steroid dienone is 1. The summed E-state index contributed by atoms with van der Waals surface area (Å²) in [4.78, 5) is 0. The summed E-state index contributed by atoms with van der Waals surface area (Å²) in [5.74, 6) is 2.38. The van der Waals surface area contributed by atoms with E-state index in [9.17, 15) is 8.78 Å². The number of aliphatic hydroxyl groups excluding tert-OH is 1. The summed E-state index contributed by atoms with van der Waals surface area (Å²) < 4.78 is 40.1. The standard InChI is InChI=1S/C10H10F2O.C9H16O.C8H13NO2.C2H6/c1-2-5-13-7-8-3-4-9(11)10(12)6-8;1-3-6-10-7-8(2)9-4-5-9;1-3-5-8(10)9-6-4-7-11-2;1-2/h2-4,6H,1,5,7H2;3,6,8-9H,4-5,7H2,1-2H3;1,4,7-10H,5-6H2,2H3;1-2H3/b;6-3+;7-4+;. The third-order valence-corrected chi connectivity index (χ3v) is 4.52. The van der Waals surface area contributed by atoms with Crippen molar-refractivity contribution in [3.8, 4) is 12.3 Å². The molecule has 1 aliphatic rings. The molecule has 0 radical (unpaired) electrons. The van der Waals surface area contributed by atoms with E-state index in [0.717, 1.165) is 30.6 Å². The molecular formula is C29H45F2NO4. The molecule has 1 fully saturated rings. The Labute approximate surface area is 217 Å². The van der Waals surface area contributed by atoms with Crippen LogP contribution in [0.3, 0.4) is 0 Å². The molecule has 2 atom stereocenters. The van der Waals surface area contributed by atoms with Crippen molar-refractivity contribution >= 4 is 0 Å². The van der Waals surface area contributed by atoms with Gasteiger partial charge in [-0.25, -0.2) is 8.78 Å². The summed E-state index contributed by atoms with van der Waals surface area (Å²) in [6.45, 7) is 13.8. The highest BCUT2D eigenvalue weighted by atomic mass is 19.2. The van der Waals surface area contributed by atoms with Crippen molar-refractivity contribution in [1.29, 1.82) is 0 Å². The van der Waals surface area contributed by atoms with Gasteiger partial charge in [0.1, 0.15) is 6.23 Å². The first-order valence-electron chi connectivity index (χ1n) is 12.3. The minimum absolute atomic E-state index is 0.267. The second-order valence-electron chi connectivity index (χ2n) is 7.61. The van der Waals surface area contributed by atoms with Crippen LogP contribution in [-0.4, -0.2) is 38.2 Å². The summed E-state index contributed by atoms with van der Waals surface area (Å²) in [5.41, 5.74) is 0.612. The highest BCUT2D eigenvalue weighted by Crippen LogP contribution is 2.36. The number of terminal acetylenes is 1. The minimum Gasteiger partial charge on any atom is -0.505 e. The monoisotopic (exact) mass is 509 g/mol. The molecule has 5 nitrogen and oxygen atoms in total.